The predicted molar refractivity (Wildman–Crippen MR) is 400 cm³/mol. The number of hydrogen-bond donors (Lipinski definition) is 1. The molecule has 0 aromatic heterocycles. The lowest BCUT2D eigenvalue weighted by molar-refractivity contribution is -0.870. The number of unbranched alkanes of at least 4 members (excludes halogenated alkanes) is 60. The van der Waals surface area contributed by atoms with Gasteiger partial charge in [-0.25, -0.2) is 4.57 Å². The molecule has 2 atom stereocenters. The molecule has 0 saturated carbocycles. The number of rotatable bonds is 78. The van der Waals surface area contributed by atoms with Crippen LogP contribution in [0.15, 0.2) is 24.3 Å². The average molecular weight is 1320 g/mol. The zero-order valence-electron chi connectivity index (χ0n) is 62.6. The molecule has 0 bridgehead atoms. The lowest BCUT2D eigenvalue weighted by Gasteiger charge is -2.24. The topological polar surface area (TPSA) is 108 Å². The van der Waals surface area contributed by atoms with Crippen LogP contribution in [0.1, 0.15) is 438 Å². The van der Waals surface area contributed by atoms with Crippen LogP contribution in [-0.4, -0.2) is 74.9 Å². The van der Waals surface area contributed by atoms with Crippen molar-refractivity contribution in [1.29, 1.82) is 0 Å². The Kier molecular flexibility index (Phi) is 72.5. The Morgan fingerprint density at radius 3 is 0.859 bits per heavy atom. The number of esters is 2. The Balaban J connectivity index is 3.87. The molecule has 0 aromatic carbocycles. The van der Waals surface area contributed by atoms with E-state index in [1.807, 2.05) is 21.1 Å². The highest BCUT2D eigenvalue weighted by Gasteiger charge is 2.27. The molecule has 2 unspecified atom stereocenters. The minimum Gasteiger partial charge on any atom is -0.462 e. The number of ether oxygens (including phenoxy) is 2. The third kappa shape index (κ3) is 77.5. The molecule has 0 radical (unpaired) electrons. The maximum absolute atomic E-state index is 12.9. The van der Waals surface area contributed by atoms with Crippen LogP contribution in [0.4, 0.5) is 0 Å². The van der Waals surface area contributed by atoms with Crippen LogP contribution in [0.2, 0.25) is 0 Å². The molecule has 0 aliphatic carbocycles. The van der Waals surface area contributed by atoms with E-state index in [2.05, 4.69) is 38.2 Å². The van der Waals surface area contributed by atoms with Gasteiger partial charge < -0.3 is 18.9 Å². The van der Waals surface area contributed by atoms with E-state index in [0.717, 1.165) is 44.9 Å². The van der Waals surface area contributed by atoms with E-state index >= 15 is 0 Å². The van der Waals surface area contributed by atoms with Gasteiger partial charge >= 0.3 is 19.8 Å². The smallest absolute Gasteiger partial charge is 0.462 e. The van der Waals surface area contributed by atoms with E-state index in [4.69, 9.17) is 18.5 Å². The van der Waals surface area contributed by atoms with Gasteiger partial charge in [0.15, 0.2) is 6.10 Å². The highest BCUT2D eigenvalue weighted by atomic mass is 31.2. The van der Waals surface area contributed by atoms with Crippen LogP contribution in [-0.2, 0) is 32.7 Å². The van der Waals surface area contributed by atoms with Crippen molar-refractivity contribution in [3.63, 3.8) is 0 Å². The van der Waals surface area contributed by atoms with Gasteiger partial charge in [-0.05, 0) is 44.9 Å². The molecule has 0 amide bonds. The van der Waals surface area contributed by atoms with Crippen molar-refractivity contribution in [2.24, 2.45) is 0 Å². The minimum absolute atomic E-state index is 0.0366. The molecule has 10 heteroatoms. The summed E-state index contributed by atoms with van der Waals surface area (Å²) in [5.74, 6) is -0.767. The summed E-state index contributed by atoms with van der Waals surface area (Å²) in [6.45, 7) is 4.52. The molecule has 0 heterocycles. The van der Waals surface area contributed by atoms with Crippen LogP contribution in [0.5, 0.6) is 0 Å². The Labute approximate surface area is 574 Å². The first-order chi connectivity index (χ1) is 45.0. The largest absolute Gasteiger partial charge is 0.472 e. The van der Waals surface area contributed by atoms with E-state index < -0.39 is 26.5 Å². The normalized spacial score (nSPS) is 13.1. The first kappa shape index (κ1) is 90.5. The van der Waals surface area contributed by atoms with Gasteiger partial charge in [-0.2, -0.15) is 0 Å². The summed E-state index contributed by atoms with van der Waals surface area (Å²) in [6.07, 6.45) is 94.9. The molecule has 0 rings (SSSR count). The number of carbonyl (C=O) groups excluding carboxylic acids is 2. The summed E-state index contributed by atoms with van der Waals surface area (Å²) >= 11 is 0. The number of phosphoric ester groups is 1. The highest BCUT2D eigenvalue weighted by molar-refractivity contribution is 7.47. The van der Waals surface area contributed by atoms with Crippen LogP contribution < -0.4 is 0 Å². The van der Waals surface area contributed by atoms with Gasteiger partial charge in [0.2, 0.25) is 0 Å². The Morgan fingerprint density at radius 2 is 0.587 bits per heavy atom. The fraction of sp³-hybridized carbons (Fsp3) is 0.927. The standard InChI is InChI=1S/C82H160NO8P/c1-6-8-10-12-14-16-18-20-22-24-26-28-30-32-34-36-37-38-39-40-41-42-43-44-45-47-49-51-53-55-57-59-61-63-65-67-69-71-73-75-82(85)91-80(79-90-92(86,87)89-77-76-83(3,4)5)78-88-81(84)74-72-70-68-66-64-62-60-58-56-54-52-50-48-46-35-33-31-29-27-25-23-21-19-17-15-13-11-9-7-2/h18,20,24,26,80H,6-17,19,21-23,25,27-79H2,1-5H3/p+1/b20-18-,26-24-. The molecule has 0 fully saturated rings. The van der Waals surface area contributed by atoms with E-state index in [1.165, 1.54) is 366 Å². The lowest BCUT2D eigenvalue weighted by Crippen LogP contribution is -2.37. The van der Waals surface area contributed by atoms with Crippen molar-refractivity contribution in [2.75, 3.05) is 47.5 Å². The Bertz CT molecular complexity index is 1600. The molecule has 546 valence electrons. The second kappa shape index (κ2) is 73.7. The summed E-state index contributed by atoms with van der Waals surface area (Å²) in [7, 11) is 1.51. The van der Waals surface area contributed by atoms with E-state index in [0.29, 0.717) is 17.4 Å². The molecule has 0 aromatic rings. The van der Waals surface area contributed by atoms with E-state index in [-0.39, 0.29) is 25.6 Å². The summed E-state index contributed by atoms with van der Waals surface area (Å²) < 4.78 is 34.8. The molecule has 9 nitrogen and oxygen atoms in total. The Hall–Kier alpha value is -1.51. The molecule has 0 aliphatic rings. The zero-order valence-corrected chi connectivity index (χ0v) is 63.5. The van der Waals surface area contributed by atoms with Crippen molar-refractivity contribution in [3.8, 4) is 0 Å². The van der Waals surface area contributed by atoms with Crippen molar-refractivity contribution in [1.82, 2.24) is 0 Å². The van der Waals surface area contributed by atoms with Gasteiger partial charge in [0.1, 0.15) is 19.8 Å². The fourth-order valence-electron chi connectivity index (χ4n) is 12.7. The van der Waals surface area contributed by atoms with Crippen LogP contribution >= 0.6 is 7.82 Å². The van der Waals surface area contributed by atoms with Gasteiger partial charge in [-0.15, -0.1) is 0 Å². The summed E-state index contributed by atoms with van der Waals surface area (Å²) in [6, 6.07) is 0. The van der Waals surface area contributed by atoms with E-state index in [9.17, 15) is 19.0 Å². The number of quaternary nitrogens is 1. The third-order valence-electron chi connectivity index (χ3n) is 19.0. The molecule has 0 saturated heterocycles. The fourth-order valence-corrected chi connectivity index (χ4v) is 13.4. The molecule has 0 spiro atoms. The van der Waals surface area contributed by atoms with Gasteiger partial charge in [0, 0.05) is 12.8 Å². The van der Waals surface area contributed by atoms with Gasteiger partial charge in [0.05, 0.1) is 27.7 Å². The summed E-state index contributed by atoms with van der Waals surface area (Å²) in [5.41, 5.74) is 0. The molecule has 92 heavy (non-hydrogen) atoms. The first-order valence-corrected chi connectivity index (χ1v) is 42.6. The van der Waals surface area contributed by atoms with Crippen LogP contribution in [0, 0.1) is 0 Å². The van der Waals surface area contributed by atoms with Crippen molar-refractivity contribution >= 4 is 19.8 Å². The number of hydrogen-bond acceptors (Lipinski definition) is 7. The number of likely N-dealkylation sites (N-methyl/N-ethyl adjacent to an activating group) is 1. The van der Waals surface area contributed by atoms with Crippen LogP contribution in [0.25, 0.3) is 0 Å². The number of phosphoric acid groups is 1. The molecule has 0 aliphatic heterocycles. The monoisotopic (exact) mass is 1320 g/mol. The van der Waals surface area contributed by atoms with E-state index in [1.54, 1.807) is 0 Å². The maximum Gasteiger partial charge on any atom is 0.472 e. The molecular weight excluding hydrogens is 1160 g/mol. The predicted octanol–water partition coefficient (Wildman–Crippen LogP) is 27.2. The van der Waals surface area contributed by atoms with Crippen LogP contribution in [0.3, 0.4) is 0 Å². The quantitative estimate of drug-likeness (QED) is 0.0211. The number of carbonyl (C=O) groups is 2. The van der Waals surface area contributed by atoms with Crippen molar-refractivity contribution < 1.29 is 42.1 Å². The summed E-state index contributed by atoms with van der Waals surface area (Å²) in [4.78, 5) is 36.0. The Morgan fingerprint density at radius 1 is 0.337 bits per heavy atom. The second-order valence-corrected chi connectivity index (χ2v) is 31.0. The SMILES string of the molecule is CCCCCCC/C=C\C/C=C\CCCCCCCCCCCCCCCCCCCCCCCCCCCCCC(=O)OC(COC(=O)CCCCCCCCCCCCCCCCCCCCCCCCCCCCCCC)COP(=O)(O)OCC[N+](C)(C)C. The van der Waals surface area contributed by atoms with Crippen molar-refractivity contribution in [3.05, 3.63) is 24.3 Å². The molecular formula is C82H161NO8P+. The summed E-state index contributed by atoms with van der Waals surface area (Å²) in [5, 5.41) is 0. The first-order valence-electron chi connectivity index (χ1n) is 41.1. The van der Waals surface area contributed by atoms with Gasteiger partial charge in [0.25, 0.3) is 0 Å². The molecule has 1 N–H and O–H groups in total. The average Bonchev–Trinajstić information content (AvgIpc) is 2.14. The highest BCUT2D eigenvalue weighted by Crippen LogP contribution is 2.43. The number of allylic oxidation sites excluding steroid dienone is 4. The van der Waals surface area contributed by atoms with Gasteiger partial charge in [-0.1, -0.05) is 404 Å². The van der Waals surface area contributed by atoms with Crippen molar-refractivity contribution in [2.45, 2.75) is 444 Å². The number of nitrogens with zero attached hydrogens (tertiary/aromatic N) is 1. The minimum atomic E-state index is -4.39. The lowest BCUT2D eigenvalue weighted by atomic mass is 10.0. The van der Waals surface area contributed by atoms with Gasteiger partial charge in [-0.3, -0.25) is 18.6 Å². The second-order valence-electron chi connectivity index (χ2n) is 29.5. The zero-order chi connectivity index (χ0) is 66.9. The third-order valence-corrected chi connectivity index (χ3v) is 20.0. The maximum atomic E-state index is 12.9.